The number of imidazole rings is 1. The Bertz CT molecular complexity index is 822. The average molecular weight is 298 g/mol. The Labute approximate surface area is 139 Å². The number of aromatic amines is 1. The Balaban J connectivity index is 0.00000110. The van der Waals surface area contributed by atoms with Crippen LogP contribution < -0.4 is 33.7 Å². The van der Waals surface area contributed by atoms with Crippen LogP contribution in [-0.2, 0) is 10.1 Å². The largest absolute Gasteiger partial charge is 1.00 e. The van der Waals surface area contributed by atoms with E-state index in [9.17, 15) is 8.42 Å². The summed E-state index contributed by atoms with van der Waals surface area (Å²) in [5.74, 6) is 0.284. The first-order valence-electron chi connectivity index (χ1n) is 5.58. The van der Waals surface area contributed by atoms with Crippen molar-refractivity contribution >= 4 is 21.2 Å². The van der Waals surface area contributed by atoms with Gasteiger partial charge < -0.3 is 10.6 Å². The second kappa shape index (κ2) is 5.97. The number of H-pyrrole nitrogens is 1. The summed E-state index contributed by atoms with van der Waals surface area (Å²) in [7, 11) is -3.83. The van der Waals surface area contributed by atoms with Crippen molar-refractivity contribution in [3.63, 3.8) is 0 Å². The van der Waals surface area contributed by atoms with Gasteiger partial charge in [-0.05, 0) is 30.3 Å². The second-order valence-corrected chi connectivity index (χ2v) is 5.48. The number of hydrogen-bond donors (Lipinski definition) is 1. The van der Waals surface area contributed by atoms with Crippen molar-refractivity contribution in [1.29, 1.82) is 0 Å². The van der Waals surface area contributed by atoms with Crippen LogP contribution in [-0.4, -0.2) is 18.4 Å². The summed E-state index contributed by atoms with van der Waals surface area (Å²) in [5, 5.41) is 0. The molecule has 0 saturated heterocycles. The zero-order valence-electron chi connectivity index (χ0n) is 11.8. The minimum Gasteiger partial charge on any atom is -1.00 e. The zero-order chi connectivity index (χ0) is 13.3. The molecule has 7 heteroatoms. The quantitative estimate of drug-likeness (QED) is 0.520. The van der Waals surface area contributed by atoms with Gasteiger partial charge in [-0.1, -0.05) is 18.2 Å². The molecule has 1 heterocycles. The summed E-state index contributed by atoms with van der Waals surface area (Å²) in [6.07, 6.45) is 1.51. The van der Waals surface area contributed by atoms with Gasteiger partial charge in [-0.25, -0.2) is 4.98 Å². The van der Waals surface area contributed by atoms with E-state index in [2.05, 4.69) is 9.97 Å². The third-order valence-corrected chi connectivity index (χ3v) is 3.87. The van der Waals surface area contributed by atoms with Gasteiger partial charge in [-0.3, -0.25) is 0 Å². The van der Waals surface area contributed by atoms with E-state index < -0.39 is 10.1 Å². The van der Waals surface area contributed by atoms with Gasteiger partial charge in [0.05, 0.1) is 17.4 Å². The molecule has 0 aliphatic rings. The number of fused-ring (bicyclic) bond motifs is 1. The molecule has 3 aromatic rings. The van der Waals surface area contributed by atoms with Crippen LogP contribution in [0.4, 0.5) is 0 Å². The molecule has 0 amide bonds. The molecule has 1 N–H and O–H groups in total. The molecule has 0 aliphatic heterocycles. The molecule has 0 unspecified atom stereocenters. The van der Waals surface area contributed by atoms with Crippen LogP contribution in [0.5, 0.6) is 5.75 Å². The topological polar surface area (TPSA) is 72.1 Å². The smallest absolute Gasteiger partial charge is 1.00 e. The maximum absolute atomic E-state index is 12.1. The fourth-order valence-electron chi connectivity index (χ4n) is 1.72. The van der Waals surface area contributed by atoms with E-state index in [4.69, 9.17) is 4.18 Å². The monoisotopic (exact) mass is 298 g/mol. The van der Waals surface area contributed by atoms with E-state index >= 15 is 0 Å². The number of benzene rings is 2. The minimum absolute atomic E-state index is 0. The molecular weight excluding hydrogens is 287 g/mol. The van der Waals surface area contributed by atoms with Gasteiger partial charge in [0.25, 0.3) is 0 Å². The molecule has 0 aliphatic carbocycles. The van der Waals surface area contributed by atoms with Crippen LogP contribution in [0.3, 0.4) is 0 Å². The van der Waals surface area contributed by atoms with Crippen molar-refractivity contribution < 1.29 is 43.6 Å². The Morgan fingerprint density at radius 2 is 1.85 bits per heavy atom. The predicted octanol–water partition coefficient (Wildman–Crippen LogP) is -0.553. The molecule has 0 radical (unpaired) electrons. The summed E-state index contributed by atoms with van der Waals surface area (Å²) in [6.45, 7) is 0. The Morgan fingerprint density at radius 3 is 2.60 bits per heavy atom. The van der Waals surface area contributed by atoms with E-state index in [0.29, 0.717) is 11.0 Å². The summed E-state index contributed by atoms with van der Waals surface area (Å²) in [5.41, 5.74) is 1.36. The van der Waals surface area contributed by atoms with E-state index in [0.717, 1.165) is 0 Å². The van der Waals surface area contributed by atoms with Crippen LogP contribution in [0.15, 0.2) is 59.8 Å². The Morgan fingerprint density at radius 1 is 1.10 bits per heavy atom. The van der Waals surface area contributed by atoms with E-state index in [-0.39, 0.29) is 41.6 Å². The fraction of sp³-hybridized carbons (Fsp3) is 0. The molecule has 20 heavy (non-hydrogen) atoms. The standard InChI is InChI=1S/C13H10N2O3S.Na.H/c16-19(17,18-10-4-2-1-3-5-10)11-6-7-12-13(8-11)15-9-14-12;;/h1-9H,(H,14,15);;/q;+1;-1. The maximum Gasteiger partial charge on any atom is 1.00 e. The zero-order valence-corrected chi connectivity index (χ0v) is 13.6. The van der Waals surface area contributed by atoms with Gasteiger partial charge in [-0.15, -0.1) is 0 Å². The van der Waals surface area contributed by atoms with Gasteiger partial charge in [0.1, 0.15) is 10.6 Å². The number of nitrogens with one attached hydrogen (secondary N) is 1. The predicted molar refractivity (Wildman–Crippen MR) is 71.5 cm³/mol. The van der Waals surface area contributed by atoms with E-state index in [1.807, 2.05) is 0 Å². The Hall–Kier alpha value is -1.34. The number of nitrogens with zero attached hydrogens (tertiary/aromatic N) is 1. The minimum atomic E-state index is -3.83. The third-order valence-electron chi connectivity index (χ3n) is 2.63. The second-order valence-electron chi connectivity index (χ2n) is 3.93. The summed E-state index contributed by atoms with van der Waals surface area (Å²) >= 11 is 0. The van der Waals surface area contributed by atoms with Crippen molar-refractivity contribution in [3.8, 4) is 5.75 Å². The molecule has 0 atom stereocenters. The first kappa shape index (κ1) is 15.1. The normalized spacial score (nSPS) is 11.0. The van der Waals surface area contributed by atoms with Crippen LogP contribution in [0, 0.1) is 0 Å². The summed E-state index contributed by atoms with van der Waals surface area (Å²) in [4.78, 5) is 6.99. The first-order chi connectivity index (χ1) is 9.15. The van der Waals surface area contributed by atoms with Gasteiger partial charge in [0.15, 0.2) is 0 Å². The molecule has 2 aromatic carbocycles. The first-order valence-corrected chi connectivity index (χ1v) is 6.99. The van der Waals surface area contributed by atoms with Gasteiger partial charge in [0, 0.05) is 0 Å². The van der Waals surface area contributed by atoms with Crippen LogP contribution in [0.2, 0.25) is 0 Å². The molecule has 3 rings (SSSR count). The fourth-order valence-corrected chi connectivity index (χ4v) is 2.68. The maximum atomic E-state index is 12.1. The number of hydrogen-bond acceptors (Lipinski definition) is 4. The van der Waals surface area contributed by atoms with Gasteiger partial charge in [0.2, 0.25) is 0 Å². The molecule has 1 aromatic heterocycles. The van der Waals surface area contributed by atoms with Crippen LogP contribution >= 0.6 is 0 Å². The average Bonchev–Trinajstić information content (AvgIpc) is 2.86. The molecule has 0 bridgehead atoms. The molecule has 5 nitrogen and oxygen atoms in total. The molecule has 0 spiro atoms. The van der Waals surface area contributed by atoms with Crippen molar-refractivity contribution in [2.75, 3.05) is 0 Å². The SMILES string of the molecule is O=S(=O)(Oc1ccccc1)c1ccc2nc[nH]c2c1.[H-].[Na+]. The van der Waals surface area contributed by atoms with Crippen molar-refractivity contribution in [2.45, 2.75) is 4.90 Å². The Kier molecular flexibility index (Phi) is 4.49. The summed E-state index contributed by atoms with van der Waals surface area (Å²) < 4.78 is 29.3. The molecule has 98 valence electrons. The molecule has 0 saturated carbocycles. The van der Waals surface area contributed by atoms with E-state index in [1.165, 1.54) is 18.5 Å². The van der Waals surface area contributed by atoms with Crippen LogP contribution in [0.25, 0.3) is 11.0 Å². The van der Waals surface area contributed by atoms with Gasteiger partial charge >= 0.3 is 39.7 Å². The molecular formula is C13H11N2NaO3S. The number of para-hydroxylation sites is 1. The van der Waals surface area contributed by atoms with Crippen molar-refractivity contribution in [3.05, 3.63) is 54.9 Å². The van der Waals surface area contributed by atoms with Crippen LogP contribution in [0.1, 0.15) is 1.43 Å². The third kappa shape index (κ3) is 3.04. The van der Waals surface area contributed by atoms with E-state index in [1.54, 1.807) is 36.4 Å². The summed E-state index contributed by atoms with van der Waals surface area (Å²) in [6, 6.07) is 13.0. The number of rotatable bonds is 3. The van der Waals surface area contributed by atoms with Crippen molar-refractivity contribution in [2.24, 2.45) is 0 Å². The number of aromatic nitrogens is 2. The van der Waals surface area contributed by atoms with Gasteiger partial charge in [-0.2, -0.15) is 8.42 Å². The van der Waals surface area contributed by atoms with Crippen molar-refractivity contribution in [1.82, 2.24) is 9.97 Å². The molecule has 0 fully saturated rings.